The average molecular weight is 484 g/mol. The van der Waals surface area contributed by atoms with E-state index in [-0.39, 0.29) is 11.6 Å². The lowest BCUT2D eigenvalue weighted by Gasteiger charge is -2.19. The van der Waals surface area contributed by atoms with Gasteiger partial charge in [-0.2, -0.15) is 0 Å². The van der Waals surface area contributed by atoms with Gasteiger partial charge in [0.2, 0.25) is 11.9 Å². The van der Waals surface area contributed by atoms with Crippen LogP contribution in [0.4, 0.5) is 11.6 Å². The van der Waals surface area contributed by atoms with E-state index < -0.39 is 5.25 Å². The fourth-order valence-electron chi connectivity index (χ4n) is 3.87. The van der Waals surface area contributed by atoms with Gasteiger partial charge in [0, 0.05) is 23.8 Å². The first-order valence-electron chi connectivity index (χ1n) is 10.6. The molecular weight excluding hydrogens is 462 g/mol. The minimum absolute atomic E-state index is 0.180. The Morgan fingerprint density at radius 2 is 1.91 bits per heavy atom. The summed E-state index contributed by atoms with van der Waals surface area (Å²) in [5, 5.41) is 12.6. The number of carbonyl (C=O) groups is 1. The minimum Gasteiger partial charge on any atom is -0.341 e. The number of benzene rings is 2. The first-order chi connectivity index (χ1) is 16.0. The zero-order valence-electron chi connectivity index (χ0n) is 17.8. The molecule has 170 valence electrons. The molecule has 1 aliphatic rings. The van der Waals surface area contributed by atoms with E-state index >= 15 is 0 Å². The largest absolute Gasteiger partial charge is 0.341 e. The van der Waals surface area contributed by atoms with Crippen molar-refractivity contribution in [2.45, 2.75) is 30.2 Å². The molecule has 0 unspecified atom stereocenters. The van der Waals surface area contributed by atoms with Crippen molar-refractivity contribution >= 4 is 51.9 Å². The molecule has 33 heavy (non-hydrogen) atoms. The lowest BCUT2D eigenvalue weighted by atomic mass is 10.2. The van der Waals surface area contributed by atoms with E-state index in [0.717, 1.165) is 37.6 Å². The van der Waals surface area contributed by atoms with Gasteiger partial charge in [-0.1, -0.05) is 29.4 Å². The summed E-state index contributed by atoms with van der Waals surface area (Å²) in [6, 6.07) is 12.8. The van der Waals surface area contributed by atoms with Crippen LogP contribution in [0, 0.1) is 0 Å². The van der Waals surface area contributed by atoms with Crippen molar-refractivity contribution in [2.75, 3.05) is 23.3 Å². The van der Waals surface area contributed by atoms with Gasteiger partial charge in [0.15, 0.2) is 5.16 Å². The van der Waals surface area contributed by atoms with Crippen LogP contribution in [0.2, 0.25) is 5.02 Å². The number of aromatic nitrogens is 5. The number of halogens is 1. The minimum atomic E-state index is -0.445. The van der Waals surface area contributed by atoms with Crippen LogP contribution in [0.5, 0.6) is 0 Å². The second-order valence-corrected chi connectivity index (χ2v) is 9.63. The number of hydrogen-bond donors (Lipinski definition) is 3. The van der Waals surface area contributed by atoms with Gasteiger partial charge in [-0.3, -0.25) is 9.36 Å². The molecule has 1 saturated heterocycles. The van der Waals surface area contributed by atoms with Gasteiger partial charge in [0.1, 0.15) is 0 Å². The molecule has 0 saturated carbocycles. The zero-order chi connectivity index (χ0) is 22.9. The fraction of sp³-hybridized carbons (Fsp3) is 0.273. The molecule has 3 heterocycles. The Morgan fingerprint density at radius 3 is 2.70 bits per heavy atom. The van der Waals surface area contributed by atoms with Gasteiger partial charge in [-0.05, 0) is 56.2 Å². The molecule has 3 N–H and O–H groups in total. The number of nitrogens with zero attached hydrogens (tertiary/aromatic N) is 4. The summed E-state index contributed by atoms with van der Waals surface area (Å²) in [6.45, 7) is 3.66. The molecule has 1 fully saturated rings. The number of H-pyrrole nitrogens is 2. The second kappa shape index (κ2) is 8.95. The zero-order valence-corrected chi connectivity index (χ0v) is 19.4. The maximum Gasteiger partial charge on any atom is 0.323 e. The normalized spacial score (nSPS) is 14.7. The molecule has 5 rings (SSSR count). The number of nitrogens with one attached hydrogen (secondary N) is 3. The summed E-state index contributed by atoms with van der Waals surface area (Å²) in [5.74, 6) is 0.576. The summed E-state index contributed by atoms with van der Waals surface area (Å²) < 4.78 is 1.96. The Morgan fingerprint density at radius 1 is 1.12 bits per heavy atom. The Balaban J connectivity index is 1.39. The van der Waals surface area contributed by atoms with Crippen LogP contribution in [0.25, 0.3) is 16.7 Å². The van der Waals surface area contributed by atoms with Crippen LogP contribution in [0.3, 0.4) is 0 Å². The summed E-state index contributed by atoms with van der Waals surface area (Å²) in [6.07, 6.45) is 2.22. The molecule has 1 amide bonds. The molecule has 1 aliphatic heterocycles. The molecular formula is C22H22ClN7O2S. The van der Waals surface area contributed by atoms with Gasteiger partial charge in [0.05, 0.1) is 22.0 Å². The number of rotatable bonds is 6. The summed E-state index contributed by atoms with van der Waals surface area (Å²) >= 11 is 7.58. The Bertz CT molecular complexity index is 1370. The third kappa shape index (κ3) is 4.49. The van der Waals surface area contributed by atoms with Gasteiger partial charge >= 0.3 is 5.69 Å². The molecule has 4 aromatic rings. The van der Waals surface area contributed by atoms with Crippen LogP contribution in [-0.2, 0) is 4.79 Å². The second-order valence-electron chi connectivity index (χ2n) is 7.88. The molecule has 1 atom stereocenters. The van der Waals surface area contributed by atoms with Crippen LogP contribution in [-0.4, -0.2) is 49.0 Å². The summed E-state index contributed by atoms with van der Waals surface area (Å²) in [5.41, 5.74) is 2.49. The standard InChI is InChI=1S/C22H22ClN7O2S/c1-13(19(31)24-15-7-8-17-18(12-15)26-20(32)25-17)33-22-28-27-21(29-9-2-3-10-29)30(22)16-6-4-5-14(23)11-16/h4-8,11-13H,2-3,9-10H2,1H3,(H,24,31)(H2,25,26,32)/t13-/m1/s1. The van der Waals surface area contributed by atoms with E-state index in [4.69, 9.17) is 11.6 Å². The van der Waals surface area contributed by atoms with Gasteiger partial charge in [-0.15, -0.1) is 10.2 Å². The first kappa shape index (κ1) is 21.6. The Kier molecular flexibility index (Phi) is 5.86. The van der Waals surface area contributed by atoms with Crippen molar-refractivity contribution in [2.24, 2.45) is 0 Å². The van der Waals surface area contributed by atoms with Crippen LogP contribution in [0.15, 0.2) is 52.4 Å². The van der Waals surface area contributed by atoms with Crippen molar-refractivity contribution in [3.8, 4) is 5.69 Å². The van der Waals surface area contributed by atoms with E-state index in [1.54, 1.807) is 18.2 Å². The van der Waals surface area contributed by atoms with E-state index in [2.05, 4.69) is 30.4 Å². The highest BCUT2D eigenvalue weighted by atomic mass is 35.5. The fourth-order valence-corrected chi connectivity index (χ4v) is 4.91. The summed E-state index contributed by atoms with van der Waals surface area (Å²) in [7, 11) is 0. The first-order valence-corrected chi connectivity index (χ1v) is 11.9. The highest BCUT2D eigenvalue weighted by Gasteiger charge is 2.25. The summed E-state index contributed by atoms with van der Waals surface area (Å²) in [4.78, 5) is 32.0. The molecule has 9 nitrogen and oxygen atoms in total. The van der Waals surface area contributed by atoms with Crippen molar-refractivity contribution in [1.82, 2.24) is 24.7 Å². The number of imidazole rings is 1. The van der Waals surface area contributed by atoms with Crippen LogP contribution >= 0.6 is 23.4 Å². The number of amides is 1. The monoisotopic (exact) mass is 483 g/mol. The lowest BCUT2D eigenvalue weighted by Crippen LogP contribution is -2.24. The number of thioether (sulfide) groups is 1. The number of anilines is 2. The Hall–Kier alpha value is -3.24. The van der Waals surface area contributed by atoms with E-state index in [1.165, 1.54) is 11.8 Å². The number of aromatic amines is 2. The molecule has 0 aliphatic carbocycles. The van der Waals surface area contributed by atoms with E-state index in [1.807, 2.05) is 35.8 Å². The number of hydrogen-bond acceptors (Lipinski definition) is 6. The van der Waals surface area contributed by atoms with Crippen LogP contribution in [0.1, 0.15) is 19.8 Å². The van der Waals surface area contributed by atoms with E-state index in [9.17, 15) is 9.59 Å². The van der Waals surface area contributed by atoms with Crippen molar-refractivity contribution < 1.29 is 4.79 Å². The predicted molar refractivity (Wildman–Crippen MR) is 131 cm³/mol. The highest BCUT2D eigenvalue weighted by Crippen LogP contribution is 2.32. The highest BCUT2D eigenvalue weighted by molar-refractivity contribution is 8.00. The van der Waals surface area contributed by atoms with Gasteiger partial charge < -0.3 is 20.2 Å². The maximum atomic E-state index is 12.9. The molecule has 0 bridgehead atoms. The quantitative estimate of drug-likeness (QED) is 0.359. The smallest absolute Gasteiger partial charge is 0.323 e. The predicted octanol–water partition coefficient (Wildman–Crippen LogP) is 3.81. The molecule has 0 spiro atoms. The van der Waals surface area contributed by atoms with E-state index in [0.29, 0.717) is 26.9 Å². The average Bonchev–Trinajstić information content (AvgIpc) is 3.52. The van der Waals surface area contributed by atoms with Crippen molar-refractivity contribution in [3.63, 3.8) is 0 Å². The molecule has 0 radical (unpaired) electrons. The molecule has 2 aromatic heterocycles. The van der Waals surface area contributed by atoms with Crippen molar-refractivity contribution in [3.05, 3.63) is 58.0 Å². The molecule has 2 aromatic carbocycles. The van der Waals surface area contributed by atoms with Crippen LogP contribution < -0.4 is 15.9 Å². The molecule has 11 heteroatoms. The lowest BCUT2D eigenvalue weighted by molar-refractivity contribution is -0.115. The van der Waals surface area contributed by atoms with Gasteiger partial charge in [-0.25, -0.2) is 4.79 Å². The third-order valence-corrected chi connectivity index (χ3v) is 6.78. The third-order valence-electron chi connectivity index (χ3n) is 5.51. The topological polar surface area (TPSA) is 112 Å². The van der Waals surface area contributed by atoms with Crippen molar-refractivity contribution in [1.29, 1.82) is 0 Å². The van der Waals surface area contributed by atoms with Gasteiger partial charge in [0.25, 0.3) is 0 Å². The number of fused-ring (bicyclic) bond motifs is 1. The SMILES string of the molecule is C[C@@H](Sc1nnc(N2CCCC2)n1-c1cccc(Cl)c1)C(=O)Nc1ccc2[nH]c(=O)[nH]c2c1. The maximum absolute atomic E-state index is 12.9. The Labute approximate surface area is 198 Å². The number of carbonyl (C=O) groups excluding carboxylic acids is 1.